The second-order valence-corrected chi connectivity index (χ2v) is 5.44. The molecule has 1 atom stereocenters. The van der Waals surface area contributed by atoms with Gasteiger partial charge in [0.15, 0.2) is 0 Å². The Bertz CT molecular complexity index is 369. The van der Waals surface area contributed by atoms with Crippen molar-refractivity contribution in [2.45, 2.75) is 18.8 Å². The molecular weight excluding hydrogens is 246 g/mol. The van der Waals surface area contributed by atoms with Gasteiger partial charge in [-0.15, -0.1) is 12.6 Å². The van der Waals surface area contributed by atoms with Crippen LogP contribution < -0.4 is 9.64 Å². The number of pyridine rings is 1. The van der Waals surface area contributed by atoms with Gasteiger partial charge in [0, 0.05) is 25.7 Å². The fraction of sp³-hybridized carbons (Fsp3) is 0.615. The number of ether oxygens (including phenoxy) is 1. The maximum absolute atomic E-state index is 5.42. The van der Waals surface area contributed by atoms with Crippen LogP contribution in [0.5, 0.6) is 5.88 Å². The lowest BCUT2D eigenvalue weighted by atomic mass is 10.3. The monoisotopic (exact) mass is 267 g/mol. The minimum Gasteiger partial charge on any atom is -0.464 e. The lowest BCUT2D eigenvalue weighted by Crippen LogP contribution is -2.28. The molecule has 1 aliphatic heterocycles. The van der Waals surface area contributed by atoms with Gasteiger partial charge in [-0.25, -0.2) is 4.98 Å². The molecule has 0 aromatic carbocycles. The van der Waals surface area contributed by atoms with Crippen LogP contribution in [0, 0.1) is 0 Å². The van der Waals surface area contributed by atoms with E-state index in [0.717, 1.165) is 19.6 Å². The van der Waals surface area contributed by atoms with Crippen LogP contribution in [-0.4, -0.2) is 48.5 Å². The number of likely N-dealkylation sites (N-methyl/N-ethyl adjacent to an activating group) is 1. The van der Waals surface area contributed by atoms with Gasteiger partial charge in [0.1, 0.15) is 5.44 Å². The molecule has 18 heavy (non-hydrogen) atoms. The fourth-order valence-corrected chi connectivity index (χ4v) is 2.22. The molecule has 0 aliphatic carbocycles. The highest BCUT2D eigenvalue weighted by Crippen LogP contribution is 2.18. The summed E-state index contributed by atoms with van der Waals surface area (Å²) >= 11 is 4.18. The van der Waals surface area contributed by atoms with Crippen molar-refractivity contribution < 1.29 is 4.74 Å². The summed E-state index contributed by atoms with van der Waals surface area (Å²) in [4.78, 5) is 9.07. The van der Waals surface area contributed by atoms with E-state index in [9.17, 15) is 0 Å². The van der Waals surface area contributed by atoms with Crippen LogP contribution in [0.2, 0.25) is 0 Å². The van der Waals surface area contributed by atoms with Gasteiger partial charge in [0.2, 0.25) is 5.88 Å². The summed E-state index contributed by atoms with van der Waals surface area (Å²) in [6.45, 7) is 6.30. The number of aromatic nitrogens is 1. The average molecular weight is 267 g/mol. The van der Waals surface area contributed by atoms with Crippen molar-refractivity contribution in [1.82, 2.24) is 9.88 Å². The molecule has 2 rings (SSSR count). The predicted octanol–water partition coefficient (Wildman–Crippen LogP) is 1.88. The highest BCUT2D eigenvalue weighted by Gasteiger charge is 2.13. The SMILES string of the molecule is CC(S)Oc1ccc(N2CCCN(C)CC2)cn1. The third-order valence-electron chi connectivity index (χ3n) is 3.10. The summed E-state index contributed by atoms with van der Waals surface area (Å²) in [5, 5.41) is 0. The third kappa shape index (κ3) is 3.78. The number of hydrogen-bond donors (Lipinski definition) is 1. The molecule has 0 N–H and O–H groups in total. The van der Waals surface area contributed by atoms with E-state index in [1.54, 1.807) is 0 Å². The van der Waals surface area contributed by atoms with Crippen molar-refractivity contribution in [3.63, 3.8) is 0 Å². The standard InChI is InChI=1S/C13H21N3OS/c1-11(18)17-13-5-4-12(10-14-13)16-7-3-6-15(2)8-9-16/h4-5,10-11,18H,3,6-9H2,1-2H3. The first-order valence-corrected chi connectivity index (χ1v) is 6.91. The molecule has 0 spiro atoms. The molecule has 1 saturated heterocycles. The Labute approximate surface area is 114 Å². The zero-order valence-electron chi connectivity index (χ0n) is 11.0. The first kappa shape index (κ1) is 13.5. The van der Waals surface area contributed by atoms with E-state index in [2.05, 4.69) is 40.5 Å². The van der Waals surface area contributed by atoms with Gasteiger partial charge in [-0.2, -0.15) is 0 Å². The predicted molar refractivity (Wildman–Crippen MR) is 77.6 cm³/mol. The van der Waals surface area contributed by atoms with Crippen molar-refractivity contribution >= 4 is 18.3 Å². The second kappa shape index (κ2) is 6.29. The quantitative estimate of drug-likeness (QED) is 0.669. The van der Waals surface area contributed by atoms with E-state index in [0.29, 0.717) is 5.88 Å². The van der Waals surface area contributed by atoms with Crippen molar-refractivity contribution in [3.05, 3.63) is 18.3 Å². The highest BCUT2D eigenvalue weighted by molar-refractivity contribution is 7.80. The zero-order valence-corrected chi connectivity index (χ0v) is 11.9. The van der Waals surface area contributed by atoms with Gasteiger partial charge in [-0.1, -0.05) is 0 Å². The number of thiol groups is 1. The van der Waals surface area contributed by atoms with E-state index < -0.39 is 0 Å². The number of rotatable bonds is 3. The largest absolute Gasteiger partial charge is 0.464 e. The van der Waals surface area contributed by atoms with Crippen molar-refractivity contribution in [2.24, 2.45) is 0 Å². The summed E-state index contributed by atoms with van der Waals surface area (Å²) in [6.07, 6.45) is 3.08. The molecule has 2 heterocycles. The Hall–Kier alpha value is -0.940. The molecule has 1 aromatic rings. The number of anilines is 1. The average Bonchev–Trinajstić information content (AvgIpc) is 2.54. The van der Waals surface area contributed by atoms with Crippen molar-refractivity contribution in [1.29, 1.82) is 0 Å². The molecule has 0 saturated carbocycles. The zero-order chi connectivity index (χ0) is 13.0. The van der Waals surface area contributed by atoms with Crippen molar-refractivity contribution in [3.8, 4) is 5.88 Å². The highest BCUT2D eigenvalue weighted by atomic mass is 32.1. The van der Waals surface area contributed by atoms with E-state index in [1.807, 2.05) is 19.2 Å². The van der Waals surface area contributed by atoms with Gasteiger partial charge in [0.05, 0.1) is 11.9 Å². The minimum atomic E-state index is -0.129. The van der Waals surface area contributed by atoms with Gasteiger partial charge >= 0.3 is 0 Å². The summed E-state index contributed by atoms with van der Waals surface area (Å²) in [6, 6.07) is 3.99. The maximum atomic E-state index is 5.42. The van der Waals surface area contributed by atoms with Crippen LogP contribution in [-0.2, 0) is 0 Å². The summed E-state index contributed by atoms with van der Waals surface area (Å²) in [5.74, 6) is 0.633. The minimum absolute atomic E-state index is 0.129. The molecular formula is C13H21N3OS. The van der Waals surface area contributed by atoms with Gasteiger partial charge in [-0.3, -0.25) is 0 Å². The van der Waals surface area contributed by atoms with Crippen LogP contribution in [0.25, 0.3) is 0 Å². The second-order valence-electron chi connectivity index (χ2n) is 4.72. The summed E-state index contributed by atoms with van der Waals surface area (Å²) < 4.78 is 5.42. The third-order valence-corrected chi connectivity index (χ3v) is 3.20. The molecule has 1 fully saturated rings. The maximum Gasteiger partial charge on any atom is 0.214 e. The van der Waals surface area contributed by atoms with E-state index >= 15 is 0 Å². The van der Waals surface area contributed by atoms with E-state index in [4.69, 9.17) is 4.74 Å². The van der Waals surface area contributed by atoms with Gasteiger partial charge < -0.3 is 14.5 Å². The van der Waals surface area contributed by atoms with Crippen LogP contribution in [0.1, 0.15) is 13.3 Å². The lowest BCUT2D eigenvalue weighted by Gasteiger charge is -2.22. The Morgan fingerprint density at radius 3 is 2.78 bits per heavy atom. The molecule has 1 aromatic heterocycles. The van der Waals surface area contributed by atoms with Crippen molar-refractivity contribution in [2.75, 3.05) is 38.1 Å². The van der Waals surface area contributed by atoms with Gasteiger partial charge in [0.25, 0.3) is 0 Å². The smallest absolute Gasteiger partial charge is 0.214 e. The molecule has 1 unspecified atom stereocenters. The molecule has 4 nitrogen and oxygen atoms in total. The number of hydrogen-bond acceptors (Lipinski definition) is 5. The summed E-state index contributed by atoms with van der Waals surface area (Å²) in [7, 11) is 2.17. The molecule has 0 bridgehead atoms. The Morgan fingerprint density at radius 2 is 2.11 bits per heavy atom. The lowest BCUT2D eigenvalue weighted by molar-refractivity contribution is 0.297. The van der Waals surface area contributed by atoms with Gasteiger partial charge in [-0.05, 0) is 33.0 Å². The fourth-order valence-electron chi connectivity index (χ4n) is 2.11. The molecule has 5 heteroatoms. The van der Waals surface area contributed by atoms with Crippen LogP contribution in [0.4, 0.5) is 5.69 Å². The molecule has 0 radical (unpaired) electrons. The normalized spacial score (nSPS) is 19.4. The molecule has 0 amide bonds. The Kier molecular flexibility index (Phi) is 4.72. The Morgan fingerprint density at radius 1 is 1.28 bits per heavy atom. The van der Waals surface area contributed by atoms with Crippen LogP contribution in [0.15, 0.2) is 18.3 Å². The number of nitrogens with zero attached hydrogens (tertiary/aromatic N) is 3. The van der Waals surface area contributed by atoms with E-state index in [-0.39, 0.29) is 5.44 Å². The van der Waals surface area contributed by atoms with Crippen LogP contribution >= 0.6 is 12.6 Å². The molecule has 100 valence electrons. The molecule has 1 aliphatic rings. The summed E-state index contributed by atoms with van der Waals surface area (Å²) in [5.41, 5.74) is 1.04. The Balaban J connectivity index is 2.00. The topological polar surface area (TPSA) is 28.6 Å². The van der Waals surface area contributed by atoms with E-state index in [1.165, 1.54) is 18.7 Å². The first-order chi connectivity index (χ1) is 8.65. The van der Waals surface area contributed by atoms with Crippen LogP contribution in [0.3, 0.4) is 0 Å². The first-order valence-electron chi connectivity index (χ1n) is 6.39.